The van der Waals surface area contributed by atoms with Gasteiger partial charge in [-0.15, -0.1) is 0 Å². The van der Waals surface area contributed by atoms with E-state index in [1.54, 1.807) is 12.1 Å². The van der Waals surface area contributed by atoms with Crippen molar-refractivity contribution in [2.24, 2.45) is 0 Å². The molecule has 0 fully saturated rings. The maximum absolute atomic E-state index is 13.2. The summed E-state index contributed by atoms with van der Waals surface area (Å²) in [5.41, 5.74) is 1.35. The van der Waals surface area contributed by atoms with Crippen molar-refractivity contribution in [3.05, 3.63) is 61.3 Å². The van der Waals surface area contributed by atoms with Crippen LogP contribution in [0.25, 0.3) is 0 Å². The van der Waals surface area contributed by atoms with Gasteiger partial charge in [0.25, 0.3) is 0 Å². The fraction of sp³-hybridized carbons (Fsp3) is 0.0769. The summed E-state index contributed by atoms with van der Waals surface area (Å²) in [6, 6.07) is 7.84. The molecular weight excluding hydrogens is 375 g/mol. The monoisotopic (exact) mass is 381 g/mol. The Labute approximate surface area is 133 Å². The van der Waals surface area contributed by atoms with Crippen molar-refractivity contribution in [1.29, 1.82) is 0 Å². The van der Waals surface area contributed by atoms with E-state index >= 15 is 0 Å². The number of rotatable bonds is 3. The normalized spacial score (nSPS) is 10.6. The Morgan fingerprint density at radius 1 is 1.00 bits per heavy atom. The Morgan fingerprint density at radius 3 is 2.21 bits per heavy atom. The molecule has 0 aliphatic carbocycles. The van der Waals surface area contributed by atoms with Crippen LogP contribution in [0.1, 0.15) is 5.56 Å². The smallest absolute Gasteiger partial charge is 0.124 e. The first-order chi connectivity index (χ1) is 8.95. The van der Waals surface area contributed by atoms with E-state index in [4.69, 9.17) is 34.8 Å². The third kappa shape index (κ3) is 3.99. The van der Waals surface area contributed by atoms with E-state index in [9.17, 15) is 4.39 Å². The average molecular weight is 383 g/mol. The predicted octanol–water partition coefficient (Wildman–Crippen LogP) is 6.16. The van der Waals surface area contributed by atoms with E-state index in [0.29, 0.717) is 31.8 Å². The van der Waals surface area contributed by atoms with Crippen LogP contribution in [0.15, 0.2) is 34.8 Å². The lowest BCUT2D eigenvalue weighted by molar-refractivity contribution is 0.625. The second kappa shape index (κ2) is 6.31. The molecule has 0 heterocycles. The summed E-state index contributed by atoms with van der Waals surface area (Å²) in [5.74, 6) is -0.306. The van der Waals surface area contributed by atoms with Crippen molar-refractivity contribution in [1.82, 2.24) is 0 Å². The number of hydrogen-bond donors (Lipinski definition) is 1. The quantitative estimate of drug-likeness (QED) is 0.669. The Bertz CT molecular complexity index is 576. The van der Waals surface area contributed by atoms with Crippen LogP contribution >= 0.6 is 50.7 Å². The van der Waals surface area contributed by atoms with Crippen molar-refractivity contribution in [2.45, 2.75) is 6.54 Å². The minimum Gasteiger partial charge on any atom is -0.379 e. The van der Waals surface area contributed by atoms with Gasteiger partial charge in [0.1, 0.15) is 5.82 Å². The maximum Gasteiger partial charge on any atom is 0.124 e. The van der Waals surface area contributed by atoms with Crippen molar-refractivity contribution < 1.29 is 4.39 Å². The molecule has 0 amide bonds. The van der Waals surface area contributed by atoms with Gasteiger partial charge in [0.2, 0.25) is 0 Å². The lowest BCUT2D eigenvalue weighted by atomic mass is 10.2. The van der Waals surface area contributed by atoms with Crippen LogP contribution in [0.2, 0.25) is 15.1 Å². The number of benzene rings is 2. The SMILES string of the molecule is Fc1cc(Br)cc(CNc2c(Cl)cc(Cl)cc2Cl)c1. The van der Waals surface area contributed by atoms with E-state index in [1.807, 2.05) is 6.07 Å². The summed E-state index contributed by atoms with van der Waals surface area (Å²) in [4.78, 5) is 0. The lowest BCUT2D eigenvalue weighted by Gasteiger charge is -2.11. The summed E-state index contributed by atoms with van der Waals surface area (Å²) >= 11 is 21.2. The second-order valence-electron chi connectivity index (χ2n) is 3.88. The van der Waals surface area contributed by atoms with E-state index in [2.05, 4.69) is 21.2 Å². The molecule has 19 heavy (non-hydrogen) atoms. The average Bonchev–Trinajstić information content (AvgIpc) is 2.25. The molecule has 1 nitrogen and oxygen atoms in total. The van der Waals surface area contributed by atoms with Gasteiger partial charge in [-0.25, -0.2) is 4.39 Å². The molecule has 0 saturated heterocycles. The Balaban J connectivity index is 2.19. The molecule has 2 rings (SSSR count). The molecule has 0 saturated carbocycles. The zero-order valence-corrected chi connectivity index (χ0v) is 13.3. The largest absolute Gasteiger partial charge is 0.379 e. The van der Waals surface area contributed by atoms with Gasteiger partial charge in [-0.1, -0.05) is 50.7 Å². The van der Waals surface area contributed by atoms with Crippen LogP contribution in [0.4, 0.5) is 10.1 Å². The number of nitrogens with one attached hydrogen (secondary N) is 1. The van der Waals surface area contributed by atoms with E-state index in [0.717, 1.165) is 5.56 Å². The Kier molecular flexibility index (Phi) is 4.96. The standard InChI is InChI=1S/C13H8BrCl3FN/c14-8-1-7(2-10(18)3-8)6-19-13-11(16)4-9(15)5-12(13)17/h1-5,19H,6H2. The van der Waals surface area contributed by atoms with Gasteiger partial charge in [-0.05, 0) is 35.9 Å². The highest BCUT2D eigenvalue weighted by atomic mass is 79.9. The molecule has 2 aromatic carbocycles. The highest BCUT2D eigenvalue weighted by Crippen LogP contribution is 2.34. The van der Waals surface area contributed by atoms with E-state index in [-0.39, 0.29) is 5.82 Å². The zero-order valence-electron chi connectivity index (χ0n) is 9.48. The number of halogens is 5. The molecule has 1 N–H and O–H groups in total. The van der Waals surface area contributed by atoms with Gasteiger partial charge in [0.05, 0.1) is 15.7 Å². The Hall–Kier alpha value is -0.480. The number of anilines is 1. The first-order valence-electron chi connectivity index (χ1n) is 5.29. The molecule has 0 unspecified atom stereocenters. The minimum atomic E-state index is -0.306. The topological polar surface area (TPSA) is 12.0 Å². The molecule has 2 aromatic rings. The van der Waals surface area contributed by atoms with Gasteiger partial charge >= 0.3 is 0 Å². The molecule has 100 valence electrons. The first kappa shape index (κ1) is 14.9. The molecule has 0 bridgehead atoms. The van der Waals surface area contributed by atoms with Crippen molar-refractivity contribution >= 4 is 56.4 Å². The minimum absolute atomic E-state index is 0.306. The molecule has 0 radical (unpaired) electrons. The predicted molar refractivity (Wildman–Crippen MR) is 82.9 cm³/mol. The van der Waals surface area contributed by atoms with Gasteiger partial charge < -0.3 is 5.32 Å². The number of hydrogen-bond acceptors (Lipinski definition) is 1. The first-order valence-corrected chi connectivity index (χ1v) is 7.22. The second-order valence-corrected chi connectivity index (χ2v) is 6.04. The third-order valence-electron chi connectivity index (χ3n) is 2.40. The summed E-state index contributed by atoms with van der Waals surface area (Å²) < 4.78 is 13.9. The highest BCUT2D eigenvalue weighted by Gasteiger charge is 2.08. The van der Waals surface area contributed by atoms with Crippen LogP contribution < -0.4 is 5.32 Å². The highest BCUT2D eigenvalue weighted by molar-refractivity contribution is 9.10. The van der Waals surface area contributed by atoms with Crippen LogP contribution in [-0.4, -0.2) is 0 Å². The lowest BCUT2D eigenvalue weighted by Crippen LogP contribution is -2.01. The van der Waals surface area contributed by atoms with E-state index < -0.39 is 0 Å². The van der Waals surface area contributed by atoms with Crippen molar-refractivity contribution in [2.75, 3.05) is 5.32 Å². The summed E-state index contributed by atoms with van der Waals surface area (Å²) in [6.45, 7) is 0.400. The third-order valence-corrected chi connectivity index (χ3v) is 3.67. The van der Waals surface area contributed by atoms with Crippen LogP contribution in [0.3, 0.4) is 0 Å². The molecular formula is C13H8BrCl3FN. The molecule has 0 atom stereocenters. The Morgan fingerprint density at radius 2 is 1.63 bits per heavy atom. The summed E-state index contributed by atoms with van der Waals surface area (Å²) in [6.07, 6.45) is 0. The molecule has 0 spiro atoms. The molecule has 6 heteroatoms. The molecule has 0 aromatic heterocycles. The van der Waals surface area contributed by atoms with Crippen LogP contribution in [-0.2, 0) is 6.54 Å². The molecule has 0 aliphatic heterocycles. The van der Waals surface area contributed by atoms with Gasteiger partial charge in [-0.2, -0.15) is 0 Å². The summed E-state index contributed by atoms with van der Waals surface area (Å²) in [5, 5.41) is 4.38. The van der Waals surface area contributed by atoms with Crippen LogP contribution in [0.5, 0.6) is 0 Å². The van der Waals surface area contributed by atoms with Gasteiger partial charge in [-0.3, -0.25) is 0 Å². The van der Waals surface area contributed by atoms with Crippen LogP contribution in [0, 0.1) is 5.82 Å². The zero-order chi connectivity index (χ0) is 14.0. The van der Waals surface area contributed by atoms with Crippen molar-refractivity contribution in [3.63, 3.8) is 0 Å². The molecule has 0 aliphatic rings. The fourth-order valence-corrected chi connectivity index (χ4v) is 3.08. The maximum atomic E-state index is 13.2. The summed E-state index contributed by atoms with van der Waals surface area (Å²) in [7, 11) is 0. The van der Waals surface area contributed by atoms with Gasteiger partial charge in [0, 0.05) is 16.0 Å². The van der Waals surface area contributed by atoms with Gasteiger partial charge in [0.15, 0.2) is 0 Å². The van der Waals surface area contributed by atoms with Crippen molar-refractivity contribution in [3.8, 4) is 0 Å². The van der Waals surface area contributed by atoms with E-state index in [1.165, 1.54) is 12.1 Å². The fourth-order valence-electron chi connectivity index (χ4n) is 1.61.